The molecule has 0 bridgehead atoms. The molecule has 0 radical (unpaired) electrons. The Morgan fingerprint density at radius 3 is 2.70 bits per heavy atom. The van der Waals surface area contributed by atoms with Crippen molar-refractivity contribution in [2.75, 3.05) is 19.0 Å². The van der Waals surface area contributed by atoms with Crippen LogP contribution in [-0.4, -0.2) is 24.7 Å². The van der Waals surface area contributed by atoms with E-state index in [1.807, 2.05) is 13.0 Å². The van der Waals surface area contributed by atoms with Crippen molar-refractivity contribution in [2.24, 2.45) is 0 Å². The number of rotatable bonds is 6. The molecule has 1 aromatic carbocycles. The number of aryl methyl sites for hydroxylation is 1. The molecule has 0 fully saturated rings. The molecule has 0 aliphatic carbocycles. The van der Waals surface area contributed by atoms with Gasteiger partial charge in [-0.3, -0.25) is 4.79 Å². The number of ether oxygens (including phenoxy) is 1. The van der Waals surface area contributed by atoms with Crippen LogP contribution in [0.1, 0.15) is 11.5 Å². The lowest BCUT2D eigenvalue weighted by Gasteiger charge is -2.06. The quantitative estimate of drug-likeness (QED) is 0.839. The molecule has 0 aliphatic heterocycles. The third kappa shape index (κ3) is 4.10. The fourth-order valence-electron chi connectivity index (χ4n) is 1.68. The van der Waals surface area contributed by atoms with Gasteiger partial charge in [0.05, 0.1) is 19.3 Å². The van der Waals surface area contributed by atoms with Gasteiger partial charge in [-0.15, -0.1) is 0 Å². The van der Waals surface area contributed by atoms with Crippen molar-refractivity contribution in [1.82, 2.24) is 10.5 Å². The molecule has 0 spiro atoms. The molecular formula is C14H17N3O3. The van der Waals surface area contributed by atoms with Crippen molar-refractivity contribution in [2.45, 2.75) is 13.5 Å². The van der Waals surface area contributed by atoms with E-state index in [9.17, 15) is 4.79 Å². The van der Waals surface area contributed by atoms with Crippen molar-refractivity contribution in [1.29, 1.82) is 0 Å². The highest BCUT2D eigenvalue weighted by atomic mass is 16.5. The van der Waals surface area contributed by atoms with Crippen LogP contribution in [0.2, 0.25) is 0 Å². The molecule has 0 saturated heterocycles. The summed E-state index contributed by atoms with van der Waals surface area (Å²) in [6.07, 6.45) is 0. The fraction of sp³-hybridized carbons (Fsp3) is 0.286. The van der Waals surface area contributed by atoms with E-state index in [0.717, 1.165) is 22.9 Å². The van der Waals surface area contributed by atoms with Crippen LogP contribution in [0.25, 0.3) is 0 Å². The van der Waals surface area contributed by atoms with E-state index in [1.165, 1.54) is 0 Å². The van der Waals surface area contributed by atoms with Gasteiger partial charge in [0.1, 0.15) is 11.5 Å². The molecule has 2 aromatic rings. The van der Waals surface area contributed by atoms with Gasteiger partial charge in [-0.25, -0.2) is 0 Å². The second-order valence-corrected chi connectivity index (χ2v) is 4.31. The summed E-state index contributed by atoms with van der Waals surface area (Å²) in [6, 6.07) is 8.99. The van der Waals surface area contributed by atoms with Gasteiger partial charge < -0.3 is 19.9 Å². The van der Waals surface area contributed by atoms with Gasteiger partial charge in [0.15, 0.2) is 0 Å². The maximum atomic E-state index is 11.7. The minimum Gasteiger partial charge on any atom is -0.497 e. The van der Waals surface area contributed by atoms with Gasteiger partial charge in [-0.1, -0.05) is 5.16 Å². The first-order valence-electron chi connectivity index (χ1n) is 6.24. The molecule has 0 unspecified atom stereocenters. The summed E-state index contributed by atoms with van der Waals surface area (Å²) in [5, 5.41) is 9.61. The topological polar surface area (TPSA) is 76.4 Å². The lowest BCUT2D eigenvalue weighted by atomic mass is 10.3. The largest absolute Gasteiger partial charge is 0.497 e. The monoisotopic (exact) mass is 275 g/mol. The Morgan fingerprint density at radius 1 is 1.35 bits per heavy atom. The molecule has 1 heterocycles. The minimum absolute atomic E-state index is 0.115. The van der Waals surface area contributed by atoms with E-state index in [4.69, 9.17) is 9.26 Å². The Bertz CT molecular complexity index is 563. The smallest absolute Gasteiger partial charge is 0.238 e. The number of nitrogens with one attached hydrogen (secondary N) is 2. The zero-order chi connectivity index (χ0) is 14.4. The molecular weight excluding hydrogens is 258 g/mol. The van der Waals surface area contributed by atoms with Crippen LogP contribution in [0, 0.1) is 6.92 Å². The SMILES string of the molecule is COc1ccc(NC(=O)CNCc2cc(C)on2)cc1. The second-order valence-electron chi connectivity index (χ2n) is 4.31. The zero-order valence-corrected chi connectivity index (χ0v) is 11.5. The van der Waals surface area contributed by atoms with Crippen LogP contribution in [0.15, 0.2) is 34.9 Å². The molecule has 20 heavy (non-hydrogen) atoms. The molecule has 6 nitrogen and oxygen atoms in total. The summed E-state index contributed by atoms with van der Waals surface area (Å²) in [7, 11) is 1.60. The lowest BCUT2D eigenvalue weighted by molar-refractivity contribution is -0.115. The molecule has 2 rings (SSSR count). The van der Waals surface area contributed by atoms with Crippen molar-refractivity contribution in [3.8, 4) is 5.75 Å². The summed E-state index contributed by atoms with van der Waals surface area (Å²) in [4.78, 5) is 11.7. The average molecular weight is 275 g/mol. The van der Waals surface area contributed by atoms with Crippen molar-refractivity contribution in [3.63, 3.8) is 0 Å². The third-order valence-electron chi connectivity index (χ3n) is 2.64. The maximum absolute atomic E-state index is 11.7. The number of carbonyl (C=O) groups excluding carboxylic acids is 1. The van der Waals surface area contributed by atoms with Gasteiger partial charge in [-0.05, 0) is 31.2 Å². The van der Waals surface area contributed by atoms with Crippen LogP contribution in [0.4, 0.5) is 5.69 Å². The van der Waals surface area contributed by atoms with E-state index in [2.05, 4.69) is 15.8 Å². The van der Waals surface area contributed by atoms with Crippen LogP contribution < -0.4 is 15.4 Å². The third-order valence-corrected chi connectivity index (χ3v) is 2.64. The Balaban J connectivity index is 1.74. The zero-order valence-electron chi connectivity index (χ0n) is 11.5. The van der Waals surface area contributed by atoms with Crippen LogP contribution in [-0.2, 0) is 11.3 Å². The number of nitrogens with zero attached hydrogens (tertiary/aromatic N) is 1. The Labute approximate surface area is 117 Å². The first-order valence-corrected chi connectivity index (χ1v) is 6.24. The minimum atomic E-state index is -0.115. The summed E-state index contributed by atoms with van der Waals surface area (Å²) >= 11 is 0. The Morgan fingerprint density at radius 2 is 2.10 bits per heavy atom. The van der Waals surface area contributed by atoms with Gasteiger partial charge in [-0.2, -0.15) is 0 Å². The highest BCUT2D eigenvalue weighted by Gasteiger charge is 2.04. The first kappa shape index (κ1) is 14.1. The summed E-state index contributed by atoms with van der Waals surface area (Å²) < 4.78 is 9.99. The summed E-state index contributed by atoms with van der Waals surface area (Å²) in [5.41, 5.74) is 1.51. The molecule has 0 saturated carbocycles. The van der Waals surface area contributed by atoms with Gasteiger partial charge in [0.25, 0.3) is 0 Å². The number of hydrogen-bond acceptors (Lipinski definition) is 5. The number of amides is 1. The Kier molecular flexibility index (Phi) is 4.73. The summed E-state index contributed by atoms with van der Waals surface area (Å²) in [6.45, 7) is 2.53. The van der Waals surface area contributed by atoms with E-state index in [0.29, 0.717) is 6.54 Å². The molecule has 0 aliphatic rings. The maximum Gasteiger partial charge on any atom is 0.238 e. The van der Waals surface area contributed by atoms with E-state index >= 15 is 0 Å². The number of benzene rings is 1. The lowest BCUT2D eigenvalue weighted by Crippen LogP contribution is -2.27. The summed E-state index contributed by atoms with van der Waals surface area (Å²) in [5.74, 6) is 1.39. The highest BCUT2D eigenvalue weighted by molar-refractivity contribution is 5.92. The number of anilines is 1. The van der Waals surface area contributed by atoms with Crippen molar-refractivity contribution < 1.29 is 14.1 Å². The molecule has 2 N–H and O–H groups in total. The van der Waals surface area contributed by atoms with E-state index < -0.39 is 0 Å². The van der Waals surface area contributed by atoms with E-state index in [1.54, 1.807) is 31.4 Å². The first-order chi connectivity index (χ1) is 9.67. The number of aromatic nitrogens is 1. The van der Waals surface area contributed by atoms with Crippen molar-refractivity contribution in [3.05, 3.63) is 41.8 Å². The average Bonchev–Trinajstić information content (AvgIpc) is 2.85. The number of methoxy groups -OCH3 is 1. The predicted octanol–water partition coefficient (Wildman–Crippen LogP) is 1.72. The highest BCUT2D eigenvalue weighted by Crippen LogP contribution is 2.14. The van der Waals surface area contributed by atoms with Crippen LogP contribution >= 0.6 is 0 Å². The molecule has 1 aromatic heterocycles. The number of carbonyl (C=O) groups is 1. The van der Waals surface area contributed by atoms with Gasteiger partial charge in [0.2, 0.25) is 5.91 Å². The fourth-order valence-corrected chi connectivity index (χ4v) is 1.68. The molecule has 1 amide bonds. The van der Waals surface area contributed by atoms with E-state index in [-0.39, 0.29) is 12.5 Å². The second kappa shape index (κ2) is 6.72. The predicted molar refractivity (Wildman–Crippen MR) is 74.6 cm³/mol. The van der Waals surface area contributed by atoms with Gasteiger partial charge >= 0.3 is 0 Å². The molecule has 106 valence electrons. The van der Waals surface area contributed by atoms with Crippen molar-refractivity contribution >= 4 is 11.6 Å². The standard InChI is InChI=1S/C14H17N3O3/c1-10-7-12(17-20-10)8-15-9-14(18)16-11-3-5-13(19-2)6-4-11/h3-7,15H,8-9H2,1-2H3,(H,16,18). The van der Waals surface area contributed by atoms with Gasteiger partial charge in [0, 0.05) is 18.3 Å². The molecule has 6 heteroatoms. The molecule has 0 atom stereocenters. The Hall–Kier alpha value is -2.34. The number of hydrogen-bond donors (Lipinski definition) is 2. The van der Waals surface area contributed by atoms with Crippen LogP contribution in [0.5, 0.6) is 5.75 Å². The normalized spacial score (nSPS) is 10.3. The van der Waals surface area contributed by atoms with Crippen LogP contribution in [0.3, 0.4) is 0 Å².